The Labute approximate surface area is 304 Å². The lowest BCUT2D eigenvalue weighted by Gasteiger charge is -2.33. The molecule has 1 saturated heterocycles. The first-order valence-electron chi connectivity index (χ1n) is 16.2. The summed E-state index contributed by atoms with van der Waals surface area (Å²) in [6, 6.07) is 28.3. The van der Waals surface area contributed by atoms with E-state index in [-0.39, 0.29) is 48.2 Å². The van der Waals surface area contributed by atoms with Crippen LogP contribution >= 0.6 is 12.2 Å². The molecule has 0 bridgehead atoms. The number of ether oxygens (including phenoxy) is 2. The number of benzene rings is 4. The second-order valence-electron chi connectivity index (χ2n) is 11.7. The topological polar surface area (TPSA) is 172 Å². The van der Waals surface area contributed by atoms with E-state index in [2.05, 4.69) is 16.0 Å². The Morgan fingerprint density at radius 2 is 1.42 bits per heavy atom. The number of rotatable bonds is 13. The van der Waals surface area contributed by atoms with Gasteiger partial charge in [0, 0.05) is 25.2 Å². The summed E-state index contributed by atoms with van der Waals surface area (Å²) >= 11 is 5.34. The number of hydrogen-bond donors (Lipinski definition) is 3. The van der Waals surface area contributed by atoms with E-state index >= 15 is 0 Å². The van der Waals surface area contributed by atoms with Crippen LogP contribution in [0.4, 0.5) is 21.0 Å². The number of para-hydroxylation sites is 2. The van der Waals surface area contributed by atoms with Crippen molar-refractivity contribution in [2.24, 2.45) is 0 Å². The molecule has 0 spiro atoms. The summed E-state index contributed by atoms with van der Waals surface area (Å²) in [5, 5.41) is 19.9. The number of thiocarbonyl (C=S) groups is 1. The van der Waals surface area contributed by atoms with Gasteiger partial charge in [-0.05, 0) is 41.4 Å². The summed E-state index contributed by atoms with van der Waals surface area (Å²) in [6.45, 7) is 1.67. The fourth-order valence-electron chi connectivity index (χ4n) is 5.65. The number of alkyl carbamates (subject to hydrolysis) is 1. The molecule has 52 heavy (non-hydrogen) atoms. The zero-order chi connectivity index (χ0) is 37.3. The van der Waals surface area contributed by atoms with Crippen LogP contribution in [0.3, 0.4) is 0 Å². The predicted molar refractivity (Wildman–Crippen MR) is 194 cm³/mol. The van der Waals surface area contributed by atoms with Gasteiger partial charge >= 0.3 is 18.1 Å². The van der Waals surface area contributed by atoms with Gasteiger partial charge in [0.1, 0.15) is 24.9 Å². The number of likely N-dealkylation sites (N-methyl/N-ethyl adjacent to an activating group) is 1. The van der Waals surface area contributed by atoms with Crippen molar-refractivity contribution < 1.29 is 33.6 Å². The number of nitro groups is 1. The lowest BCUT2D eigenvalue weighted by molar-refractivity contribution is -0.383. The molecule has 5 rings (SSSR count). The molecule has 4 aromatic rings. The Bertz CT molecular complexity index is 1950. The first-order valence-corrected chi connectivity index (χ1v) is 16.6. The highest BCUT2D eigenvalue weighted by Crippen LogP contribution is 2.36. The van der Waals surface area contributed by atoms with Gasteiger partial charge in [-0.15, -0.1) is 0 Å². The molecule has 4 amide bonds. The van der Waals surface area contributed by atoms with E-state index in [1.807, 2.05) is 12.1 Å². The Morgan fingerprint density at radius 1 is 0.846 bits per heavy atom. The Morgan fingerprint density at radius 3 is 2.02 bits per heavy atom. The van der Waals surface area contributed by atoms with Crippen molar-refractivity contribution in [1.29, 1.82) is 0 Å². The zero-order valence-corrected chi connectivity index (χ0v) is 29.1. The third-order valence-electron chi connectivity index (χ3n) is 8.39. The second kappa shape index (κ2) is 16.6. The minimum atomic E-state index is -2.09. The Hall–Kier alpha value is -6.35. The van der Waals surface area contributed by atoms with E-state index in [0.717, 1.165) is 15.4 Å². The molecule has 1 aliphatic heterocycles. The van der Waals surface area contributed by atoms with E-state index in [0.29, 0.717) is 11.1 Å². The Balaban J connectivity index is 1.38. The van der Waals surface area contributed by atoms with Crippen LogP contribution in [0.1, 0.15) is 35.6 Å². The van der Waals surface area contributed by atoms with E-state index < -0.39 is 40.6 Å². The average Bonchev–Trinajstić information content (AvgIpc) is 3.34. The highest BCUT2D eigenvalue weighted by molar-refractivity contribution is 7.80. The summed E-state index contributed by atoms with van der Waals surface area (Å²) in [7, 11) is 1.35. The van der Waals surface area contributed by atoms with Crippen molar-refractivity contribution >= 4 is 52.7 Å². The van der Waals surface area contributed by atoms with Crippen LogP contribution in [0, 0.1) is 10.1 Å². The summed E-state index contributed by atoms with van der Waals surface area (Å²) < 4.78 is 11.0. The van der Waals surface area contributed by atoms with E-state index in [9.17, 15) is 29.3 Å². The number of hydrogen-bond acceptors (Lipinski definition) is 9. The van der Waals surface area contributed by atoms with Crippen LogP contribution in [0.15, 0.2) is 109 Å². The van der Waals surface area contributed by atoms with Gasteiger partial charge in [0.05, 0.1) is 4.92 Å². The van der Waals surface area contributed by atoms with Crippen LogP contribution < -0.4 is 16.0 Å². The number of nitrogens with one attached hydrogen (secondary N) is 3. The van der Waals surface area contributed by atoms with Gasteiger partial charge < -0.3 is 20.1 Å². The molecule has 4 aromatic carbocycles. The molecule has 0 saturated carbocycles. The maximum atomic E-state index is 14.5. The third kappa shape index (κ3) is 8.16. The van der Waals surface area contributed by atoms with Crippen molar-refractivity contribution in [3.05, 3.63) is 142 Å². The van der Waals surface area contributed by atoms with Gasteiger partial charge in [0.25, 0.3) is 11.6 Å². The third-order valence-corrected chi connectivity index (χ3v) is 8.63. The normalized spacial score (nSPS) is 15.8. The molecule has 14 nitrogen and oxygen atoms in total. The van der Waals surface area contributed by atoms with Crippen molar-refractivity contribution in [3.8, 4) is 0 Å². The highest BCUT2D eigenvalue weighted by Gasteiger charge is 2.61. The zero-order valence-electron chi connectivity index (χ0n) is 28.3. The SMILES string of the molecule is CCC(C(=O)OCc1ccccc1)N1C(=O)N(C)C(NC(=O)OCc2ccccc2)(c2ccc(CNC(=S)Nc3ccccc3[N+](=O)[O-])cc2)C1=O. The largest absolute Gasteiger partial charge is 0.459 e. The quantitative estimate of drug-likeness (QED) is 0.0517. The molecule has 1 heterocycles. The van der Waals surface area contributed by atoms with Gasteiger partial charge in [-0.25, -0.2) is 19.3 Å². The van der Waals surface area contributed by atoms with Crippen molar-refractivity contribution in [2.75, 3.05) is 12.4 Å². The molecule has 1 aliphatic rings. The van der Waals surface area contributed by atoms with Crippen molar-refractivity contribution in [3.63, 3.8) is 0 Å². The van der Waals surface area contributed by atoms with Crippen LogP contribution in [0.2, 0.25) is 0 Å². The minimum Gasteiger partial charge on any atom is -0.459 e. The number of nitrogens with zero attached hydrogens (tertiary/aromatic N) is 3. The maximum absolute atomic E-state index is 14.5. The van der Waals surface area contributed by atoms with Crippen molar-refractivity contribution in [2.45, 2.75) is 44.8 Å². The standard InChI is InChI=1S/C37H36N6O8S/c1-3-30(32(44)50-23-26-12-6-4-7-13-26)42-33(45)37(41(2)36(42)47,40-35(46)51-24-27-14-8-5-9-15-27)28-20-18-25(19-21-28)22-38-34(52)39-29-16-10-11-17-31(29)43(48)49/h4-21,30H,3,22-24H2,1-2H3,(H,40,46)(H2,38,39,52). The van der Waals surface area contributed by atoms with Gasteiger partial charge in [0.15, 0.2) is 5.11 Å². The molecular weight excluding hydrogens is 689 g/mol. The number of urea groups is 1. The first-order chi connectivity index (χ1) is 25.0. The van der Waals surface area contributed by atoms with E-state index in [1.165, 1.54) is 19.2 Å². The lowest BCUT2D eigenvalue weighted by atomic mass is 9.96. The predicted octanol–water partition coefficient (Wildman–Crippen LogP) is 5.58. The smallest absolute Gasteiger partial charge is 0.409 e. The van der Waals surface area contributed by atoms with Gasteiger partial charge in [0.2, 0.25) is 5.66 Å². The monoisotopic (exact) mass is 724 g/mol. The molecule has 0 radical (unpaired) electrons. The van der Waals surface area contributed by atoms with Gasteiger partial charge in [-0.1, -0.05) is 104 Å². The van der Waals surface area contributed by atoms with E-state index in [4.69, 9.17) is 21.7 Å². The molecule has 268 valence electrons. The van der Waals surface area contributed by atoms with Gasteiger partial charge in [-0.3, -0.25) is 25.1 Å². The Kier molecular flexibility index (Phi) is 11.8. The van der Waals surface area contributed by atoms with E-state index in [1.54, 1.807) is 91.9 Å². The summed E-state index contributed by atoms with van der Waals surface area (Å²) in [4.78, 5) is 67.8. The number of carbonyl (C=O) groups excluding carboxylic acids is 4. The number of esters is 1. The number of amides is 4. The highest BCUT2D eigenvalue weighted by atomic mass is 32.1. The second-order valence-corrected chi connectivity index (χ2v) is 12.1. The fourth-order valence-corrected chi connectivity index (χ4v) is 5.83. The van der Waals surface area contributed by atoms with Crippen LogP contribution in [0.5, 0.6) is 0 Å². The summed E-state index contributed by atoms with van der Waals surface area (Å²) in [5.41, 5.74) is 0.320. The molecular formula is C37H36N6O8S. The summed E-state index contributed by atoms with van der Waals surface area (Å²) in [5.74, 6) is -1.66. The molecule has 2 unspecified atom stereocenters. The molecule has 0 aliphatic carbocycles. The lowest BCUT2D eigenvalue weighted by Crippen LogP contribution is -2.59. The molecule has 3 N–H and O–H groups in total. The molecule has 0 aromatic heterocycles. The summed E-state index contributed by atoms with van der Waals surface area (Å²) in [6.07, 6.45) is -0.923. The number of imide groups is 1. The minimum absolute atomic E-state index is 0.0537. The van der Waals surface area contributed by atoms with Crippen LogP contribution in [0.25, 0.3) is 0 Å². The fraction of sp³-hybridized carbons (Fsp3) is 0.216. The number of carbonyl (C=O) groups is 4. The number of nitro benzene ring substituents is 1. The molecule has 15 heteroatoms. The molecule has 1 fully saturated rings. The molecule has 2 atom stereocenters. The van der Waals surface area contributed by atoms with Crippen LogP contribution in [-0.4, -0.2) is 56.9 Å². The number of anilines is 1. The first kappa shape index (κ1) is 36.9. The van der Waals surface area contributed by atoms with Crippen LogP contribution in [-0.2, 0) is 44.5 Å². The maximum Gasteiger partial charge on any atom is 0.409 e. The van der Waals surface area contributed by atoms with Crippen molar-refractivity contribution in [1.82, 2.24) is 20.4 Å². The average molecular weight is 725 g/mol. The van der Waals surface area contributed by atoms with Gasteiger partial charge in [-0.2, -0.15) is 0 Å².